The molecule has 0 saturated carbocycles. The van der Waals surface area contributed by atoms with Crippen LogP contribution in [0.15, 0.2) is 47.9 Å². The van der Waals surface area contributed by atoms with Gasteiger partial charge in [0.25, 0.3) is 0 Å². The predicted octanol–water partition coefficient (Wildman–Crippen LogP) is 7.91. The molecule has 0 radical (unpaired) electrons. The summed E-state index contributed by atoms with van der Waals surface area (Å²) in [6, 6.07) is 8.82. The molecular formula is C29H45O6P. The average Bonchev–Trinajstić information content (AvgIpc) is 2.86. The maximum absolute atomic E-state index is 15.3. The first-order valence-electron chi connectivity index (χ1n) is 13.4. The highest BCUT2D eigenvalue weighted by atomic mass is 31.2. The van der Waals surface area contributed by atoms with Crippen molar-refractivity contribution in [3.63, 3.8) is 0 Å². The first kappa shape index (κ1) is 31.7. The fraction of sp³-hybridized carbons (Fsp3) is 0.621. The molecule has 0 aliphatic rings. The number of carboxylic acid groups (broad SMARTS) is 2. The number of carbonyl (C=O) groups is 2. The molecule has 0 aliphatic carbocycles. The highest BCUT2D eigenvalue weighted by Crippen LogP contribution is 2.66. The van der Waals surface area contributed by atoms with Crippen LogP contribution in [0.2, 0.25) is 0 Å². The number of aliphatic hydroxyl groups excluding tert-OH is 1. The van der Waals surface area contributed by atoms with E-state index in [1.807, 2.05) is 0 Å². The number of hydrogen-bond acceptors (Lipinski definition) is 4. The molecule has 4 unspecified atom stereocenters. The number of aliphatic hydroxyl groups is 1. The summed E-state index contributed by atoms with van der Waals surface area (Å²) in [7, 11) is -3.30. The molecule has 0 aromatic heterocycles. The Morgan fingerprint density at radius 1 is 0.917 bits per heavy atom. The van der Waals surface area contributed by atoms with Gasteiger partial charge in [-0.05, 0) is 17.4 Å². The van der Waals surface area contributed by atoms with Crippen LogP contribution in [0.1, 0.15) is 90.3 Å². The van der Waals surface area contributed by atoms with Crippen LogP contribution in [0.4, 0.5) is 0 Å². The second-order valence-electron chi connectivity index (χ2n) is 9.81. The Bertz CT molecular complexity index is 897. The maximum Gasteiger partial charge on any atom is 0.340 e. The van der Waals surface area contributed by atoms with Gasteiger partial charge in [-0.3, -0.25) is 4.79 Å². The zero-order valence-corrected chi connectivity index (χ0v) is 23.3. The summed E-state index contributed by atoms with van der Waals surface area (Å²) >= 11 is 0. The smallest absolute Gasteiger partial charge is 0.340 e. The summed E-state index contributed by atoms with van der Waals surface area (Å²) in [4.78, 5) is 24.8. The molecule has 1 aromatic rings. The van der Waals surface area contributed by atoms with E-state index in [1.165, 1.54) is 0 Å². The third-order valence-corrected chi connectivity index (χ3v) is 11.1. The maximum atomic E-state index is 15.3. The summed E-state index contributed by atoms with van der Waals surface area (Å²) in [5.41, 5.74) is 1.18. The van der Waals surface area contributed by atoms with Crippen molar-refractivity contribution >= 4 is 19.1 Å². The van der Waals surface area contributed by atoms with Crippen molar-refractivity contribution in [1.82, 2.24) is 0 Å². The van der Waals surface area contributed by atoms with E-state index in [0.717, 1.165) is 51.4 Å². The molecule has 0 amide bonds. The van der Waals surface area contributed by atoms with Gasteiger partial charge in [-0.2, -0.15) is 0 Å². The molecule has 202 valence electrons. The van der Waals surface area contributed by atoms with Gasteiger partial charge in [0.05, 0.1) is 18.4 Å². The molecule has 0 bridgehead atoms. The molecule has 0 saturated heterocycles. The fourth-order valence-electron chi connectivity index (χ4n) is 5.17. The van der Waals surface area contributed by atoms with E-state index >= 15 is 4.57 Å². The van der Waals surface area contributed by atoms with Crippen LogP contribution in [0.5, 0.6) is 0 Å². The molecule has 36 heavy (non-hydrogen) atoms. The predicted molar refractivity (Wildman–Crippen MR) is 146 cm³/mol. The van der Waals surface area contributed by atoms with Gasteiger partial charge in [0.1, 0.15) is 12.2 Å². The van der Waals surface area contributed by atoms with Crippen molar-refractivity contribution in [1.29, 1.82) is 0 Å². The van der Waals surface area contributed by atoms with E-state index < -0.39 is 36.2 Å². The van der Waals surface area contributed by atoms with Crippen LogP contribution < -0.4 is 0 Å². The molecule has 6 nitrogen and oxygen atoms in total. The number of carboxylic acids is 2. The lowest BCUT2D eigenvalue weighted by atomic mass is 9.91. The lowest BCUT2D eigenvalue weighted by Gasteiger charge is -2.36. The summed E-state index contributed by atoms with van der Waals surface area (Å²) in [5.74, 6) is -4.15. The molecule has 3 N–H and O–H groups in total. The van der Waals surface area contributed by atoms with Crippen molar-refractivity contribution in [2.45, 2.75) is 84.7 Å². The molecule has 0 fully saturated rings. The number of benzene rings is 1. The molecule has 1 aromatic carbocycles. The summed E-state index contributed by atoms with van der Waals surface area (Å²) in [6.07, 6.45) is 8.67. The molecule has 7 heteroatoms. The van der Waals surface area contributed by atoms with E-state index in [2.05, 4.69) is 33.4 Å². The van der Waals surface area contributed by atoms with Gasteiger partial charge >= 0.3 is 11.9 Å². The monoisotopic (exact) mass is 520 g/mol. The second-order valence-corrected chi connectivity index (χ2v) is 13.0. The van der Waals surface area contributed by atoms with Crippen LogP contribution >= 0.6 is 7.14 Å². The molecule has 0 heterocycles. The SMILES string of the molecule is CCCCC(CC)CP(=O)(CC(CC)CCCC)C(c1ccccc1)C(C(=O)O)C(=C=CO)C(=O)O. The Morgan fingerprint density at radius 2 is 1.42 bits per heavy atom. The van der Waals surface area contributed by atoms with Crippen molar-refractivity contribution < 1.29 is 29.5 Å². The van der Waals surface area contributed by atoms with Crippen LogP contribution in [-0.2, 0) is 14.2 Å². The van der Waals surface area contributed by atoms with Crippen molar-refractivity contribution in [2.24, 2.45) is 17.8 Å². The van der Waals surface area contributed by atoms with Crippen LogP contribution in [0.3, 0.4) is 0 Å². The Balaban J connectivity index is 3.86. The zero-order valence-electron chi connectivity index (χ0n) is 22.4. The molecule has 1 rings (SSSR count). The van der Waals surface area contributed by atoms with E-state index in [-0.39, 0.29) is 11.8 Å². The third-order valence-electron chi connectivity index (χ3n) is 7.21. The van der Waals surface area contributed by atoms with Crippen LogP contribution in [0.25, 0.3) is 0 Å². The quantitative estimate of drug-likeness (QED) is 0.0785. The molecule has 4 atom stereocenters. The average molecular weight is 521 g/mol. The van der Waals surface area contributed by atoms with Crippen molar-refractivity contribution in [3.8, 4) is 0 Å². The fourth-order valence-corrected chi connectivity index (χ4v) is 9.94. The highest BCUT2D eigenvalue weighted by molar-refractivity contribution is 7.64. The van der Waals surface area contributed by atoms with E-state index in [4.69, 9.17) is 0 Å². The summed E-state index contributed by atoms with van der Waals surface area (Å²) in [5, 5.41) is 29.6. The van der Waals surface area contributed by atoms with Gasteiger partial charge in [0.2, 0.25) is 0 Å². The van der Waals surface area contributed by atoms with Gasteiger partial charge in [-0.1, -0.05) is 115 Å². The van der Waals surface area contributed by atoms with Gasteiger partial charge in [0, 0.05) is 12.3 Å². The lowest BCUT2D eigenvalue weighted by Crippen LogP contribution is -2.30. The van der Waals surface area contributed by atoms with Gasteiger partial charge in [-0.15, -0.1) is 0 Å². The third kappa shape index (κ3) is 9.30. The van der Waals surface area contributed by atoms with Gasteiger partial charge in [-0.25, -0.2) is 4.79 Å². The second kappa shape index (κ2) is 16.5. The number of rotatable bonds is 18. The number of hydrogen-bond donors (Lipinski definition) is 3. The topological polar surface area (TPSA) is 112 Å². The van der Waals surface area contributed by atoms with E-state index in [0.29, 0.717) is 24.1 Å². The zero-order chi connectivity index (χ0) is 27.1. The minimum atomic E-state index is -3.30. The standard InChI is InChI=1S/C29H45O6P/c1-5-9-14-22(7-3)20-36(35,21-23(8-4)15-10-6-2)27(24-16-12-11-13-17-24)26(29(33)34)25(18-19-30)28(31)32/h11-13,16-17,19,22-23,26-27,30H,5-10,14-15,20-21H2,1-4H3,(H,31,32)(H,33,34). The highest BCUT2D eigenvalue weighted by Gasteiger charge is 2.47. The molecule has 0 spiro atoms. The van der Waals surface area contributed by atoms with E-state index in [1.54, 1.807) is 30.3 Å². The Morgan fingerprint density at radius 3 is 1.78 bits per heavy atom. The summed E-state index contributed by atoms with van der Waals surface area (Å²) < 4.78 is 15.3. The first-order valence-corrected chi connectivity index (χ1v) is 15.5. The first-order chi connectivity index (χ1) is 17.2. The Kier molecular flexibility index (Phi) is 14.5. The lowest BCUT2D eigenvalue weighted by molar-refractivity contribution is -0.143. The van der Waals surface area contributed by atoms with Crippen molar-refractivity contribution in [3.05, 3.63) is 53.5 Å². The normalized spacial score (nSPS) is 16.1. The largest absolute Gasteiger partial charge is 0.507 e. The van der Waals surface area contributed by atoms with E-state index in [9.17, 15) is 24.9 Å². The Hall–Kier alpha value is -2.29. The minimum absolute atomic E-state index is 0.158. The molecular weight excluding hydrogens is 475 g/mol. The molecule has 0 aliphatic heterocycles. The van der Waals surface area contributed by atoms with Crippen LogP contribution in [0, 0.1) is 17.8 Å². The minimum Gasteiger partial charge on any atom is -0.507 e. The summed E-state index contributed by atoms with van der Waals surface area (Å²) in [6.45, 7) is 8.37. The number of unbranched alkanes of at least 4 members (excludes halogenated alkanes) is 2. The van der Waals surface area contributed by atoms with Gasteiger partial charge < -0.3 is 19.9 Å². The van der Waals surface area contributed by atoms with Crippen molar-refractivity contribution in [2.75, 3.05) is 12.3 Å². The van der Waals surface area contributed by atoms with Gasteiger partial charge in [0.15, 0.2) is 0 Å². The Labute approximate surface area is 216 Å². The van der Waals surface area contributed by atoms with Crippen LogP contribution in [-0.4, -0.2) is 39.6 Å². The number of aliphatic carboxylic acids is 2.